The van der Waals surface area contributed by atoms with E-state index < -0.39 is 38.2 Å². The lowest BCUT2D eigenvalue weighted by atomic mass is 10.1. The molecule has 10 heteroatoms. The third-order valence-electron chi connectivity index (χ3n) is 7.82. The summed E-state index contributed by atoms with van der Waals surface area (Å²) >= 11 is 0. The normalized spacial score (nSPS) is 28.0. The van der Waals surface area contributed by atoms with Crippen LogP contribution in [0.2, 0.25) is 0 Å². The van der Waals surface area contributed by atoms with Crippen molar-refractivity contribution >= 4 is 27.7 Å². The van der Waals surface area contributed by atoms with Crippen LogP contribution in [0.1, 0.15) is 78.6 Å². The van der Waals surface area contributed by atoms with Crippen molar-refractivity contribution in [1.82, 2.24) is 14.9 Å². The number of rotatable bonds is 14. The van der Waals surface area contributed by atoms with E-state index >= 15 is 0 Å². The molecule has 2 aliphatic carbocycles. The van der Waals surface area contributed by atoms with Gasteiger partial charge in [0.25, 0.3) is 5.91 Å². The van der Waals surface area contributed by atoms with Crippen molar-refractivity contribution in [2.75, 3.05) is 6.54 Å². The zero-order chi connectivity index (χ0) is 26.7. The van der Waals surface area contributed by atoms with Gasteiger partial charge in [0.2, 0.25) is 21.8 Å². The molecule has 1 saturated heterocycles. The molecule has 1 aliphatic heterocycles. The van der Waals surface area contributed by atoms with Crippen molar-refractivity contribution in [3.63, 3.8) is 0 Å². The Balaban J connectivity index is 1.63. The minimum Gasteiger partial charge on any atom is -0.375 e. The number of carbonyl (C=O) groups is 3. The Kier molecular flexibility index (Phi) is 8.70. The van der Waals surface area contributed by atoms with E-state index in [-0.39, 0.29) is 36.9 Å². The Hall–Kier alpha value is -2.20. The topological polar surface area (TPSA) is 122 Å². The second-order valence-corrected chi connectivity index (χ2v) is 12.9. The average molecular weight is 524 g/mol. The van der Waals surface area contributed by atoms with Crippen molar-refractivity contribution in [1.29, 1.82) is 0 Å². The average Bonchev–Trinajstić information content (AvgIpc) is 3.69. The fourth-order valence-electron chi connectivity index (χ4n) is 4.81. The molecular formula is C26H41N3O6S. The van der Waals surface area contributed by atoms with Crippen LogP contribution in [0.5, 0.6) is 0 Å². The quantitative estimate of drug-likeness (QED) is 0.338. The first kappa shape index (κ1) is 28.4. The van der Waals surface area contributed by atoms with Gasteiger partial charge in [0.15, 0.2) is 0 Å². The van der Waals surface area contributed by atoms with Crippen LogP contribution in [-0.2, 0) is 29.1 Å². The van der Waals surface area contributed by atoms with Gasteiger partial charge in [-0.05, 0) is 65.2 Å². The molecule has 0 aromatic carbocycles. The maximum atomic E-state index is 13.3. The summed E-state index contributed by atoms with van der Waals surface area (Å²) < 4.78 is 32.5. The van der Waals surface area contributed by atoms with Crippen LogP contribution in [0.25, 0.3) is 0 Å². The van der Waals surface area contributed by atoms with E-state index in [1.807, 2.05) is 19.9 Å². The van der Waals surface area contributed by atoms with Crippen LogP contribution in [0, 0.1) is 5.92 Å². The van der Waals surface area contributed by atoms with Gasteiger partial charge < -0.3 is 15.0 Å². The molecule has 3 amide bonds. The molecule has 2 saturated carbocycles. The summed E-state index contributed by atoms with van der Waals surface area (Å²) in [5.41, 5.74) is -1.36. The Morgan fingerprint density at radius 2 is 1.94 bits per heavy atom. The molecule has 202 valence electrons. The van der Waals surface area contributed by atoms with Crippen molar-refractivity contribution in [2.45, 2.75) is 107 Å². The van der Waals surface area contributed by atoms with Crippen LogP contribution >= 0.6 is 0 Å². The number of sulfonamides is 1. The fraction of sp³-hybridized carbons (Fsp3) is 0.731. The Morgan fingerprint density at radius 1 is 1.25 bits per heavy atom. The zero-order valence-electron chi connectivity index (χ0n) is 21.8. The van der Waals surface area contributed by atoms with Crippen molar-refractivity contribution in [2.24, 2.45) is 5.92 Å². The number of hydrogen-bond acceptors (Lipinski definition) is 6. The van der Waals surface area contributed by atoms with Gasteiger partial charge in [-0.25, -0.2) is 8.42 Å². The second-order valence-electron chi connectivity index (χ2n) is 10.7. The molecule has 2 N–H and O–H groups in total. The maximum Gasteiger partial charge on any atom is 0.259 e. The summed E-state index contributed by atoms with van der Waals surface area (Å²) in [6, 6.07) is -0.707. The lowest BCUT2D eigenvalue weighted by molar-refractivity contribution is -0.142. The molecule has 0 aromatic rings. The minimum absolute atomic E-state index is 0.00308. The van der Waals surface area contributed by atoms with Gasteiger partial charge in [0, 0.05) is 12.5 Å². The van der Waals surface area contributed by atoms with Crippen LogP contribution in [0.3, 0.4) is 0 Å². The van der Waals surface area contributed by atoms with Gasteiger partial charge in [-0.15, -0.1) is 13.2 Å². The molecule has 0 bridgehead atoms. The zero-order valence-corrected chi connectivity index (χ0v) is 22.6. The van der Waals surface area contributed by atoms with Gasteiger partial charge in [-0.3, -0.25) is 19.1 Å². The molecule has 0 spiro atoms. The van der Waals surface area contributed by atoms with E-state index in [0.29, 0.717) is 38.6 Å². The van der Waals surface area contributed by atoms with Crippen LogP contribution in [0.15, 0.2) is 25.3 Å². The Morgan fingerprint density at radius 3 is 2.50 bits per heavy atom. The third kappa shape index (κ3) is 6.02. The molecule has 9 nitrogen and oxygen atoms in total. The van der Waals surface area contributed by atoms with E-state index in [1.54, 1.807) is 17.9 Å². The van der Waals surface area contributed by atoms with E-state index in [1.165, 1.54) is 0 Å². The molecule has 0 aromatic heterocycles. The van der Waals surface area contributed by atoms with Crippen molar-refractivity contribution in [3.05, 3.63) is 25.3 Å². The lowest BCUT2D eigenvalue weighted by Crippen LogP contribution is -2.57. The first-order valence-electron chi connectivity index (χ1n) is 13.0. The van der Waals surface area contributed by atoms with Gasteiger partial charge >= 0.3 is 0 Å². The molecule has 3 fully saturated rings. The monoisotopic (exact) mass is 523 g/mol. The summed E-state index contributed by atoms with van der Waals surface area (Å²) in [7, 11) is -3.84. The third-order valence-corrected chi connectivity index (χ3v) is 9.98. The molecular weight excluding hydrogens is 482 g/mol. The SMILES string of the molecule is C=CCC[C@@H](C)O[C@@H](CC)CC(=O)N1CCC[C@H]1C(=O)N[C@]1(C(=O)NS(=O)(=O)C2(C)CC2)C[C@H]1C=C. The molecule has 0 unspecified atom stereocenters. The molecule has 1 heterocycles. The minimum atomic E-state index is -3.84. The predicted molar refractivity (Wildman–Crippen MR) is 137 cm³/mol. The largest absolute Gasteiger partial charge is 0.375 e. The fourth-order valence-corrected chi connectivity index (χ4v) is 6.12. The number of likely N-dealkylation sites (tertiary alicyclic amines) is 1. The van der Waals surface area contributed by atoms with Gasteiger partial charge in [0.1, 0.15) is 11.6 Å². The highest BCUT2D eigenvalue weighted by Gasteiger charge is 2.62. The van der Waals surface area contributed by atoms with E-state index in [9.17, 15) is 22.8 Å². The van der Waals surface area contributed by atoms with Crippen molar-refractivity contribution < 1.29 is 27.5 Å². The Labute approximate surface area is 215 Å². The number of amides is 3. The summed E-state index contributed by atoms with van der Waals surface area (Å²) in [5, 5.41) is 2.79. The summed E-state index contributed by atoms with van der Waals surface area (Å²) in [5.74, 6) is -1.71. The standard InChI is InChI=1S/C26H41N3O6S/c1-6-9-11-18(4)35-20(8-3)16-22(30)29-15-10-12-21(29)23(31)27-26(17-19(26)7-2)24(32)28-36(33,34)25(5)13-14-25/h6-7,18-21H,1-2,8-17H2,3-5H3,(H,27,31)(H,28,32)/t18-,19-,20+,21+,26-/m1/s1. The van der Waals surface area contributed by atoms with Gasteiger partial charge in [-0.2, -0.15) is 0 Å². The number of ether oxygens (including phenoxy) is 1. The van der Waals surface area contributed by atoms with E-state index in [4.69, 9.17) is 4.74 Å². The number of nitrogens with zero attached hydrogens (tertiary/aromatic N) is 1. The summed E-state index contributed by atoms with van der Waals surface area (Å²) in [6.45, 7) is 13.4. The van der Waals surface area contributed by atoms with E-state index in [0.717, 1.165) is 12.8 Å². The molecule has 0 radical (unpaired) electrons. The van der Waals surface area contributed by atoms with Crippen molar-refractivity contribution in [3.8, 4) is 0 Å². The first-order valence-corrected chi connectivity index (χ1v) is 14.5. The molecule has 3 aliphatic rings. The van der Waals surface area contributed by atoms with Crippen LogP contribution in [-0.4, -0.2) is 66.1 Å². The highest BCUT2D eigenvalue weighted by Crippen LogP contribution is 2.47. The van der Waals surface area contributed by atoms with E-state index in [2.05, 4.69) is 23.2 Å². The van der Waals surface area contributed by atoms with Gasteiger partial charge in [-0.1, -0.05) is 19.1 Å². The summed E-state index contributed by atoms with van der Waals surface area (Å²) in [4.78, 5) is 41.1. The lowest BCUT2D eigenvalue weighted by Gasteiger charge is -2.29. The predicted octanol–water partition coefficient (Wildman–Crippen LogP) is 2.58. The summed E-state index contributed by atoms with van der Waals surface area (Å²) in [6.07, 6.45) is 8.07. The number of carbonyl (C=O) groups excluding carboxylic acids is 3. The van der Waals surface area contributed by atoms with Gasteiger partial charge in [0.05, 0.1) is 23.4 Å². The highest BCUT2D eigenvalue weighted by atomic mass is 32.2. The second kappa shape index (κ2) is 11.0. The number of allylic oxidation sites excluding steroid dienone is 1. The smallest absolute Gasteiger partial charge is 0.259 e. The molecule has 3 rings (SSSR count). The number of hydrogen-bond donors (Lipinski definition) is 2. The number of nitrogens with one attached hydrogen (secondary N) is 2. The first-order chi connectivity index (χ1) is 16.9. The molecule has 5 atom stereocenters. The van der Waals surface area contributed by atoms with Crippen LogP contribution in [0.4, 0.5) is 0 Å². The molecule has 36 heavy (non-hydrogen) atoms. The Bertz CT molecular complexity index is 992. The van der Waals surface area contributed by atoms with Crippen LogP contribution < -0.4 is 10.0 Å². The maximum absolute atomic E-state index is 13.3. The highest BCUT2D eigenvalue weighted by molar-refractivity contribution is 7.91.